The maximum atomic E-state index is 13.2. The summed E-state index contributed by atoms with van der Waals surface area (Å²) in [5.74, 6) is -1.07. The lowest BCUT2D eigenvalue weighted by molar-refractivity contribution is -0.125. The van der Waals surface area contributed by atoms with Gasteiger partial charge < -0.3 is 19.9 Å². The number of nitrogens with zero attached hydrogens (tertiary/aromatic N) is 5. The van der Waals surface area contributed by atoms with E-state index in [1.54, 1.807) is 18.2 Å². The number of pyridine rings is 1. The molecule has 13 heteroatoms. The van der Waals surface area contributed by atoms with Gasteiger partial charge in [-0.25, -0.2) is 14.4 Å². The zero-order valence-corrected chi connectivity index (χ0v) is 18.7. The lowest BCUT2D eigenvalue weighted by Gasteiger charge is -2.19. The zero-order valence-electron chi connectivity index (χ0n) is 17.9. The summed E-state index contributed by atoms with van der Waals surface area (Å²) < 4.78 is 24.4. The number of ether oxygens (including phenoxy) is 2. The highest BCUT2D eigenvalue weighted by atomic mass is 35.5. The average Bonchev–Trinajstić information content (AvgIpc) is 3.33. The molecule has 0 saturated carbocycles. The lowest BCUT2D eigenvalue weighted by atomic mass is 10.1. The number of aromatic amines is 1. The number of fused-ring (bicyclic) bond motifs is 1. The Kier molecular flexibility index (Phi) is 7.41. The second kappa shape index (κ2) is 10.8. The molecule has 0 aliphatic heterocycles. The number of H-pyrrole nitrogens is 1. The first-order chi connectivity index (χ1) is 17.0. The number of nitrogens with one attached hydrogen (secondary N) is 2. The number of aliphatic hydroxyl groups is 1. The molecule has 4 rings (SSSR count). The Hall–Kier alpha value is -4.18. The summed E-state index contributed by atoms with van der Waals surface area (Å²) in [6.07, 6.45) is 1.11. The van der Waals surface area contributed by atoms with Crippen molar-refractivity contribution < 1.29 is 23.8 Å². The molecule has 4 aromatic rings. The van der Waals surface area contributed by atoms with Gasteiger partial charge in [-0.05, 0) is 24.3 Å². The molecular weight excluding hydrogens is 481 g/mol. The van der Waals surface area contributed by atoms with Gasteiger partial charge in [0.25, 0.3) is 5.91 Å². The first kappa shape index (κ1) is 24.0. The maximum Gasteiger partial charge on any atom is 0.269 e. The fourth-order valence-electron chi connectivity index (χ4n) is 3.06. The molecule has 1 atom stereocenters. The van der Waals surface area contributed by atoms with Gasteiger partial charge in [0, 0.05) is 0 Å². The van der Waals surface area contributed by atoms with E-state index in [2.05, 4.69) is 30.5 Å². The Balaban J connectivity index is 1.70. The fraction of sp³-hybridized carbons (Fsp3) is 0.182. The number of amides is 1. The standard InChI is InChI=1S/C22H17ClFN7O4/c23-15-3-1-2-12(8-25)18(15)20-29-19-14(10-27-31-19)22(30-20)35-16(11-34-7-6-32)21(33)28-17-5-4-13(24)9-26-17/h1-5,9-10,16,32H,6-7,11H2,(H,26,28,33)(H,27,29,30,31)/t16-/m0/s1. The van der Waals surface area contributed by atoms with Crippen molar-refractivity contribution in [2.24, 2.45) is 0 Å². The number of carbonyl (C=O) groups is 1. The molecule has 0 radical (unpaired) electrons. The van der Waals surface area contributed by atoms with E-state index in [9.17, 15) is 14.4 Å². The van der Waals surface area contributed by atoms with Crippen LogP contribution in [0.15, 0.2) is 42.7 Å². The van der Waals surface area contributed by atoms with Crippen LogP contribution >= 0.6 is 11.6 Å². The third-order valence-electron chi connectivity index (χ3n) is 4.66. The highest BCUT2D eigenvalue weighted by Crippen LogP contribution is 2.32. The molecule has 11 nitrogen and oxygen atoms in total. The van der Waals surface area contributed by atoms with Crippen LogP contribution in [0.25, 0.3) is 22.4 Å². The van der Waals surface area contributed by atoms with Gasteiger partial charge >= 0.3 is 0 Å². The van der Waals surface area contributed by atoms with Crippen LogP contribution < -0.4 is 10.1 Å². The van der Waals surface area contributed by atoms with Crippen LogP contribution in [0.5, 0.6) is 5.88 Å². The third-order valence-corrected chi connectivity index (χ3v) is 4.98. The molecule has 1 aromatic carbocycles. The van der Waals surface area contributed by atoms with Crippen molar-refractivity contribution in [3.05, 3.63) is 59.1 Å². The smallest absolute Gasteiger partial charge is 0.269 e. The second-order valence-electron chi connectivity index (χ2n) is 7.01. The van der Waals surface area contributed by atoms with Crippen molar-refractivity contribution in [3.8, 4) is 23.3 Å². The van der Waals surface area contributed by atoms with Crippen molar-refractivity contribution in [2.75, 3.05) is 25.1 Å². The number of aliphatic hydroxyl groups excluding tert-OH is 1. The molecule has 0 unspecified atom stereocenters. The van der Waals surface area contributed by atoms with E-state index in [1.165, 1.54) is 12.3 Å². The molecule has 1 amide bonds. The minimum absolute atomic E-state index is 0.0256. The minimum Gasteiger partial charge on any atom is -0.461 e. The average molecular weight is 498 g/mol. The van der Waals surface area contributed by atoms with E-state index in [-0.39, 0.29) is 59.1 Å². The van der Waals surface area contributed by atoms with E-state index in [0.29, 0.717) is 5.39 Å². The second-order valence-corrected chi connectivity index (χ2v) is 7.42. The summed E-state index contributed by atoms with van der Waals surface area (Å²) in [6, 6.07) is 9.26. The van der Waals surface area contributed by atoms with Gasteiger partial charge in [0.2, 0.25) is 12.0 Å². The summed E-state index contributed by atoms with van der Waals surface area (Å²) in [4.78, 5) is 25.5. The molecule has 3 N–H and O–H groups in total. The summed E-state index contributed by atoms with van der Waals surface area (Å²) in [7, 11) is 0. The molecule has 0 bridgehead atoms. The monoisotopic (exact) mass is 497 g/mol. The van der Waals surface area contributed by atoms with Gasteiger partial charge in [0.1, 0.15) is 17.0 Å². The fourth-order valence-corrected chi connectivity index (χ4v) is 3.32. The highest BCUT2D eigenvalue weighted by Gasteiger charge is 2.25. The zero-order chi connectivity index (χ0) is 24.8. The van der Waals surface area contributed by atoms with Crippen molar-refractivity contribution in [2.45, 2.75) is 6.10 Å². The number of hydrogen-bond donors (Lipinski definition) is 3. The number of rotatable bonds is 9. The molecule has 0 aliphatic carbocycles. The van der Waals surface area contributed by atoms with E-state index in [1.807, 2.05) is 6.07 Å². The van der Waals surface area contributed by atoms with E-state index < -0.39 is 17.8 Å². The largest absolute Gasteiger partial charge is 0.461 e. The van der Waals surface area contributed by atoms with Crippen LogP contribution in [-0.2, 0) is 9.53 Å². The van der Waals surface area contributed by atoms with Crippen molar-refractivity contribution in [1.29, 1.82) is 5.26 Å². The highest BCUT2D eigenvalue weighted by molar-refractivity contribution is 6.33. The number of carbonyl (C=O) groups excluding carboxylic acids is 1. The number of aromatic nitrogens is 5. The van der Waals surface area contributed by atoms with E-state index >= 15 is 0 Å². The van der Waals surface area contributed by atoms with Crippen LogP contribution in [0, 0.1) is 17.1 Å². The number of benzene rings is 1. The summed E-state index contributed by atoms with van der Waals surface area (Å²) in [6.45, 7) is -0.550. The summed E-state index contributed by atoms with van der Waals surface area (Å²) in [5.41, 5.74) is 0.806. The quantitative estimate of drug-likeness (QED) is 0.295. The Morgan fingerprint density at radius 1 is 1.29 bits per heavy atom. The maximum absolute atomic E-state index is 13.2. The minimum atomic E-state index is -1.25. The van der Waals surface area contributed by atoms with Crippen LogP contribution in [0.1, 0.15) is 5.56 Å². The van der Waals surface area contributed by atoms with Gasteiger partial charge in [-0.15, -0.1) is 0 Å². The molecule has 3 heterocycles. The van der Waals surface area contributed by atoms with Gasteiger partial charge in [0.15, 0.2) is 11.5 Å². The van der Waals surface area contributed by atoms with Crippen molar-refractivity contribution >= 4 is 34.4 Å². The molecular formula is C22H17ClFN7O4. The SMILES string of the molecule is N#Cc1cccc(Cl)c1-c1nc(O[C@@H](COCCO)C(=O)Nc2ccc(F)cn2)c2cn[nH]c2n1. The first-order valence-electron chi connectivity index (χ1n) is 10.2. The Morgan fingerprint density at radius 2 is 2.14 bits per heavy atom. The molecule has 35 heavy (non-hydrogen) atoms. The van der Waals surface area contributed by atoms with Gasteiger partial charge in [0.05, 0.1) is 54.4 Å². The number of halogens is 2. The molecule has 0 aliphatic rings. The predicted octanol–water partition coefficient (Wildman–Crippen LogP) is 2.47. The first-order valence-corrected chi connectivity index (χ1v) is 10.6. The van der Waals surface area contributed by atoms with Crippen LogP contribution in [0.2, 0.25) is 5.02 Å². The van der Waals surface area contributed by atoms with Gasteiger partial charge in [-0.1, -0.05) is 17.7 Å². The molecule has 0 saturated heterocycles. The van der Waals surface area contributed by atoms with Crippen LogP contribution in [0.3, 0.4) is 0 Å². The van der Waals surface area contributed by atoms with Gasteiger partial charge in [-0.2, -0.15) is 15.3 Å². The number of anilines is 1. The number of nitriles is 1. The van der Waals surface area contributed by atoms with Crippen LogP contribution in [0.4, 0.5) is 10.2 Å². The van der Waals surface area contributed by atoms with Gasteiger partial charge in [-0.3, -0.25) is 9.89 Å². The van der Waals surface area contributed by atoms with E-state index in [4.69, 9.17) is 26.2 Å². The molecule has 0 fully saturated rings. The molecule has 178 valence electrons. The molecule has 0 spiro atoms. The van der Waals surface area contributed by atoms with Crippen LogP contribution in [-0.4, -0.2) is 62.1 Å². The Labute approximate surface area is 202 Å². The summed E-state index contributed by atoms with van der Waals surface area (Å²) in [5, 5.41) is 28.3. The topological polar surface area (TPSA) is 159 Å². The van der Waals surface area contributed by atoms with Crippen molar-refractivity contribution in [1.82, 2.24) is 25.1 Å². The Morgan fingerprint density at radius 3 is 2.89 bits per heavy atom. The lowest BCUT2D eigenvalue weighted by Crippen LogP contribution is -2.37. The van der Waals surface area contributed by atoms with Crippen molar-refractivity contribution in [3.63, 3.8) is 0 Å². The van der Waals surface area contributed by atoms with E-state index in [0.717, 1.165) is 12.3 Å². The summed E-state index contributed by atoms with van der Waals surface area (Å²) >= 11 is 6.32. The predicted molar refractivity (Wildman–Crippen MR) is 122 cm³/mol. The number of hydrogen-bond acceptors (Lipinski definition) is 9. The normalized spacial score (nSPS) is 11.7. The molecule has 3 aromatic heterocycles. The Bertz CT molecular complexity index is 1390. The third kappa shape index (κ3) is 5.49.